The fourth-order valence-electron chi connectivity index (χ4n) is 3.21. The molecule has 150 valence electrons. The van der Waals surface area contributed by atoms with Crippen LogP contribution in [0.2, 0.25) is 0 Å². The summed E-state index contributed by atoms with van der Waals surface area (Å²) < 4.78 is 10.6. The Hall–Kier alpha value is -3.19. The number of amides is 2. The molecule has 2 amide bonds. The van der Waals surface area contributed by atoms with Gasteiger partial charge in [0.1, 0.15) is 5.57 Å². The van der Waals surface area contributed by atoms with E-state index in [2.05, 4.69) is 5.32 Å². The van der Waals surface area contributed by atoms with Crippen molar-refractivity contribution in [2.45, 2.75) is 20.3 Å². The highest BCUT2D eigenvalue weighted by Gasteiger charge is 2.35. The smallest absolute Gasteiger partial charge is 0.270 e. The van der Waals surface area contributed by atoms with Gasteiger partial charge in [0, 0.05) is 0 Å². The number of carbonyl (C=O) groups excluding carboxylic acids is 2. The fraction of sp³-hybridized carbons (Fsp3) is 0.227. The second kappa shape index (κ2) is 8.45. The average Bonchev–Trinajstić information content (AvgIpc) is 2.71. The Morgan fingerprint density at radius 3 is 2.41 bits per heavy atom. The second-order valence-corrected chi connectivity index (χ2v) is 6.89. The number of hydrogen-bond acceptors (Lipinski definition) is 5. The first-order chi connectivity index (χ1) is 13.9. The number of methoxy groups -OCH3 is 2. The van der Waals surface area contributed by atoms with Crippen LogP contribution in [-0.4, -0.2) is 31.1 Å². The van der Waals surface area contributed by atoms with Crippen molar-refractivity contribution in [3.8, 4) is 11.5 Å². The molecule has 1 aliphatic heterocycles. The van der Waals surface area contributed by atoms with Gasteiger partial charge in [-0.2, -0.15) is 0 Å². The number of rotatable bonds is 5. The number of nitrogens with zero attached hydrogens (tertiary/aromatic N) is 1. The number of nitrogens with one attached hydrogen (secondary N) is 1. The van der Waals surface area contributed by atoms with E-state index >= 15 is 0 Å². The highest BCUT2D eigenvalue weighted by molar-refractivity contribution is 7.80. The Kier molecular flexibility index (Phi) is 5.98. The van der Waals surface area contributed by atoms with Crippen molar-refractivity contribution in [3.05, 3.63) is 58.7 Å². The molecule has 6 nitrogen and oxygen atoms in total. The highest BCUT2D eigenvalue weighted by Crippen LogP contribution is 2.32. The standard InChI is InChI=1S/C22H22N2O4S/c1-5-14-8-6-7-9-17(14)24-21(26)16(20(25)23-22(24)29)11-15-12-19(28-4)18(27-3)10-13(15)2/h6-12H,5H2,1-4H3,(H,23,25,29)/b16-11+. The third kappa shape index (κ3) is 3.86. The summed E-state index contributed by atoms with van der Waals surface area (Å²) in [6, 6.07) is 11.0. The molecule has 29 heavy (non-hydrogen) atoms. The molecule has 0 spiro atoms. The summed E-state index contributed by atoms with van der Waals surface area (Å²) in [5, 5.41) is 2.70. The monoisotopic (exact) mass is 410 g/mol. The van der Waals surface area contributed by atoms with E-state index in [4.69, 9.17) is 21.7 Å². The van der Waals surface area contributed by atoms with Gasteiger partial charge in [-0.25, -0.2) is 0 Å². The van der Waals surface area contributed by atoms with Crippen LogP contribution in [0.5, 0.6) is 11.5 Å². The molecule has 1 aliphatic rings. The maximum atomic E-state index is 13.3. The van der Waals surface area contributed by atoms with Crippen molar-refractivity contribution in [2.75, 3.05) is 19.1 Å². The van der Waals surface area contributed by atoms with Gasteiger partial charge < -0.3 is 9.47 Å². The normalized spacial score (nSPS) is 15.5. The Balaban J connectivity index is 2.09. The Morgan fingerprint density at radius 1 is 1.10 bits per heavy atom. The largest absolute Gasteiger partial charge is 0.493 e. The molecule has 0 aromatic heterocycles. The molecule has 0 unspecified atom stereocenters. The van der Waals surface area contributed by atoms with Crippen LogP contribution in [0.25, 0.3) is 6.08 Å². The van der Waals surface area contributed by atoms with Crippen LogP contribution < -0.4 is 19.7 Å². The number of aryl methyl sites for hydroxylation is 2. The van der Waals surface area contributed by atoms with Gasteiger partial charge >= 0.3 is 0 Å². The van der Waals surface area contributed by atoms with Gasteiger partial charge in [-0.3, -0.25) is 19.8 Å². The zero-order valence-electron chi connectivity index (χ0n) is 16.7. The molecule has 1 fully saturated rings. The van der Waals surface area contributed by atoms with Crippen LogP contribution in [-0.2, 0) is 16.0 Å². The minimum Gasteiger partial charge on any atom is -0.493 e. The third-order valence-electron chi connectivity index (χ3n) is 4.79. The maximum absolute atomic E-state index is 13.3. The Bertz CT molecular complexity index is 1030. The molecule has 2 aromatic rings. The van der Waals surface area contributed by atoms with Crippen molar-refractivity contribution in [1.82, 2.24) is 5.32 Å². The minimum absolute atomic E-state index is 0.000161. The number of carbonyl (C=O) groups is 2. The van der Waals surface area contributed by atoms with Gasteiger partial charge in [0.15, 0.2) is 16.6 Å². The number of benzene rings is 2. The van der Waals surface area contributed by atoms with Gasteiger partial charge in [-0.05, 0) is 66.5 Å². The van der Waals surface area contributed by atoms with E-state index < -0.39 is 11.8 Å². The summed E-state index contributed by atoms with van der Waals surface area (Å²) in [6.45, 7) is 3.87. The predicted octanol–water partition coefficient (Wildman–Crippen LogP) is 3.41. The zero-order chi connectivity index (χ0) is 21.1. The minimum atomic E-state index is -0.528. The molecule has 0 radical (unpaired) electrons. The summed E-state index contributed by atoms with van der Waals surface area (Å²) in [5.41, 5.74) is 3.14. The van der Waals surface area contributed by atoms with Crippen LogP contribution in [0.4, 0.5) is 5.69 Å². The van der Waals surface area contributed by atoms with Crippen molar-refractivity contribution < 1.29 is 19.1 Å². The molecular formula is C22H22N2O4S. The van der Waals surface area contributed by atoms with E-state index in [1.165, 1.54) is 12.0 Å². The van der Waals surface area contributed by atoms with E-state index in [0.29, 0.717) is 22.7 Å². The Labute approximate surface area is 175 Å². The number of thiocarbonyl (C=S) groups is 1. The molecule has 1 N–H and O–H groups in total. The van der Waals surface area contributed by atoms with Gasteiger partial charge in [0.2, 0.25) is 0 Å². The van der Waals surface area contributed by atoms with Crippen molar-refractivity contribution in [2.24, 2.45) is 0 Å². The summed E-state index contributed by atoms with van der Waals surface area (Å²) in [6.07, 6.45) is 2.28. The Morgan fingerprint density at radius 2 is 1.76 bits per heavy atom. The van der Waals surface area contributed by atoms with Crippen molar-refractivity contribution >= 4 is 40.9 Å². The summed E-state index contributed by atoms with van der Waals surface area (Å²) in [4.78, 5) is 27.2. The number of para-hydroxylation sites is 1. The van der Waals surface area contributed by atoms with Crippen LogP contribution in [0.3, 0.4) is 0 Å². The molecule has 1 saturated heterocycles. The van der Waals surface area contributed by atoms with Crippen molar-refractivity contribution in [3.63, 3.8) is 0 Å². The number of anilines is 1. The molecule has 7 heteroatoms. The van der Waals surface area contributed by atoms with Crippen LogP contribution >= 0.6 is 12.2 Å². The zero-order valence-corrected chi connectivity index (χ0v) is 17.6. The van der Waals surface area contributed by atoms with Gasteiger partial charge in [0.25, 0.3) is 11.8 Å². The lowest BCUT2D eigenvalue weighted by molar-refractivity contribution is -0.122. The number of ether oxygens (including phenoxy) is 2. The molecule has 0 atom stereocenters. The summed E-state index contributed by atoms with van der Waals surface area (Å²) >= 11 is 5.30. The molecule has 0 aliphatic carbocycles. The van der Waals surface area contributed by atoms with Crippen molar-refractivity contribution in [1.29, 1.82) is 0 Å². The molecule has 2 aromatic carbocycles. The van der Waals surface area contributed by atoms with Crippen LogP contribution in [0, 0.1) is 6.92 Å². The molecule has 0 bridgehead atoms. The third-order valence-corrected chi connectivity index (χ3v) is 5.07. The van der Waals surface area contributed by atoms with E-state index in [1.54, 1.807) is 25.3 Å². The highest BCUT2D eigenvalue weighted by atomic mass is 32.1. The van der Waals surface area contributed by atoms with E-state index in [9.17, 15) is 9.59 Å². The summed E-state index contributed by atoms with van der Waals surface area (Å²) in [5.74, 6) is 0.0943. The quantitative estimate of drug-likeness (QED) is 0.465. The fourth-order valence-corrected chi connectivity index (χ4v) is 3.49. The molecule has 1 heterocycles. The second-order valence-electron chi connectivity index (χ2n) is 6.50. The molecule has 0 saturated carbocycles. The van der Waals surface area contributed by atoms with Crippen LogP contribution in [0.1, 0.15) is 23.6 Å². The maximum Gasteiger partial charge on any atom is 0.270 e. The lowest BCUT2D eigenvalue weighted by atomic mass is 10.0. The van der Waals surface area contributed by atoms with E-state index in [-0.39, 0.29) is 10.7 Å². The average molecular weight is 410 g/mol. The lowest BCUT2D eigenvalue weighted by Crippen LogP contribution is -2.54. The first-order valence-electron chi connectivity index (χ1n) is 9.13. The number of hydrogen-bond donors (Lipinski definition) is 1. The van der Waals surface area contributed by atoms with E-state index in [0.717, 1.165) is 17.5 Å². The van der Waals surface area contributed by atoms with Gasteiger partial charge in [0.05, 0.1) is 19.9 Å². The lowest BCUT2D eigenvalue weighted by Gasteiger charge is -2.30. The van der Waals surface area contributed by atoms with Gasteiger partial charge in [-0.1, -0.05) is 25.1 Å². The summed E-state index contributed by atoms with van der Waals surface area (Å²) in [7, 11) is 3.09. The molecular weight excluding hydrogens is 388 g/mol. The first-order valence-corrected chi connectivity index (χ1v) is 9.54. The van der Waals surface area contributed by atoms with E-state index in [1.807, 2.05) is 38.1 Å². The predicted molar refractivity (Wildman–Crippen MR) is 116 cm³/mol. The topological polar surface area (TPSA) is 67.9 Å². The van der Waals surface area contributed by atoms with Gasteiger partial charge in [-0.15, -0.1) is 0 Å². The van der Waals surface area contributed by atoms with Crippen LogP contribution in [0.15, 0.2) is 42.0 Å². The molecule has 3 rings (SSSR count). The SMILES string of the molecule is CCc1ccccc1N1C(=O)/C(=C/c2cc(OC)c(OC)cc2C)C(=O)NC1=S. The first kappa shape index (κ1) is 20.5.